The van der Waals surface area contributed by atoms with Crippen LogP contribution < -0.4 is 10.6 Å². The Hall–Kier alpha value is -3.48. The smallest absolute Gasteiger partial charge is 0.306 e. The maximum absolute atomic E-state index is 12.0. The van der Waals surface area contributed by atoms with Crippen molar-refractivity contribution >= 4 is 34.9 Å². The van der Waals surface area contributed by atoms with Crippen LogP contribution in [0, 0.1) is 13.8 Å². The first kappa shape index (κ1) is 21.8. The fourth-order valence-electron chi connectivity index (χ4n) is 2.66. The predicted molar refractivity (Wildman–Crippen MR) is 110 cm³/mol. The van der Waals surface area contributed by atoms with Crippen LogP contribution in [0.15, 0.2) is 42.5 Å². The number of amides is 2. The molecule has 0 aliphatic heterocycles. The number of ether oxygens (including phenoxy) is 1. The van der Waals surface area contributed by atoms with E-state index < -0.39 is 18.5 Å². The Kier molecular flexibility index (Phi) is 7.65. The molecule has 0 saturated carbocycles. The third-order valence-electron chi connectivity index (χ3n) is 4.22. The van der Waals surface area contributed by atoms with Gasteiger partial charge < -0.3 is 15.4 Å². The summed E-state index contributed by atoms with van der Waals surface area (Å²) in [5, 5.41) is 5.35. The second-order valence-electron chi connectivity index (χ2n) is 6.66. The van der Waals surface area contributed by atoms with E-state index in [4.69, 9.17) is 4.74 Å². The highest BCUT2D eigenvalue weighted by Gasteiger charge is 2.12. The van der Waals surface area contributed by atoms with Crippen LogP contribution in [0.25, 0.3) is 0 Å². The fourth-order valence-corrected chi connectivity index (χ4v) is 2.66. The van der Waals surface area contributed by atoms with Crippen molar-refractivity contribution in [3.63, 3.8) is 0 Å². The van der Waals surface area contributed by atoms with Crippen molar-refractivity contribution in [2.75, 3.05) is 17.2 Å². The largest absolute Gasteiger partial charge is 0.456 e. The van der Waals surface area contributed by atoms with Gasteiger partial charge in [-0.2, -0.15) is 0 Å². The molecule has 2 aromatic rings. The molecule has 0 aromatic heterocycles. The van der Waals surface area contributed by atoms with Crippen LogP contribution in [0.3, 0.4) is 0 Å². The molecule has 7 nitrogen and oxygen atoms in total. The number of hydrogen-bond donors (Lipinski definition) is 2. The number of Topliss-reactive ketones (excluding diaryl/α,β-unsaturated/α-hetero) is 1. The van der Waals surface area contributed by atoms with Gasteiger partial charge in [-0.15, -0.1) is 0 Å². The van der Waals surface area contributed by atoms with Crippen molar-refractivity contribution in [1.29, 1.82) is 0 Å². The predicted octanol–water partition coefficient (Wildman–Crippen LogP) is 3.41. The van der Waals surface area contributed by atoms with Gasteiger partial charge in [-0.25, -0.2) is 0 Å². The maximum Gasteiger partial charge on any atom is 0.306 e. The zero-order valence-electron chi connectivity index (χ0n) is 16.7. The van der Waals surface area contributed by atoms with Gasteiger partial charge in [0.2, 0.25) is 5.91 Å². The molecule has 0 aliphatic rings. The minimum absolute atomic E-state index is 0.0956. The molecule has 0 radical (unpaired) electrons. The highest BCUT2D eigenvalue weighted by Crippen LogP contribution is 2.19. The van der Waals surface area contributed by atoms with Crippen LogP contribution in [0.2, 0.25) is 0 Å². The van der Waals surface area contributed by atoms with Gasteiger partial charge in [0.1, 0.15) is 0 Å². The first-order valence-corrected chi connectivity index (χ1v) is 9.19. The summed E-state index contributed by atoms with van der Waals surface area (Å²) in [6.45, 7) is 4.76. The van der Waals surface area contributed by atoms with E-state index in [9.17, 15) is 19.2 Å². The van der Waals surface area contributed by atoms with E-state index in [1.165, 1.54) is 6.92 Å². The van der Waals surface area contributed by atoms with Gasteiger partial charge in [-0.1, -0.05) is 30.3 Å². The van der Waals surface area contributed by atoms with Crippen molar-refractivity contribution in [3.05, 3.63) is 59.2 Å². The molecule has 152 valence electrons. The first-order valence-electron chi connectivity index (χ1n) is 9.19. The summed E-state index contributed by atoms with van der Waals surface area (Å²) in [7, 11) is 0. The Morgan fingerprint density at radius 3 is 2.17 bits per heavy atom. The number of para-hydroxylation sites is 1. The van der Waals surface area contributed by atoms with E-state index >= 15 is 0 Å². The Morgan fingerprint density at radius 1 is 0.862 bits per heavy atom. The number of hydrogen-bond acceptors (Lipinski definition) is 5. The number of aryl methyl sites for hydroxylation is 2. The van der Waals surface area contributed by atoms with Crippen LogP contribution in [0.5, 0.6) is 0 Å². The molecule has 2 aromatic carbocycles. The number of rotatable bonds is 8. The Balaban J connectivity index is 1.75. The van der Waals surface area contributed by atoms with Gasteiger partial charge in [-0.3, -0.25) is 19.2 Å². The van der Waals surface area contributed by atoms with Gasteiger partial charge >= 0.3 is 5.97 Å². The number of benzene rings is 2. The number of esters is 1. The van der Waals surface area contributed by atoms with E-state index in [2.05, 4.69) is 10.6 Å². The monoisotopic (exact) mass is 396 g/mol. The average Bonchev–Trinajstić information content (AvgIpc) is 2.68. The van der Waals surface area contributed by atoms with Crippen LogP contribution in [0.1, 0.15) is 41.3 Å². The third-order valence-corrected chi connectivity index (χ3v) is 4.22. The fraction of sp³-hybridized carbons (Fsp3) is 0.273. The van der Waals surface area contributed by atoms with Gasteiger partial charge in [0.05, 0.1) is 6.42 Å². The Bertz CT molecular complexity index is 916. The van der Waals surface area contributed by atoms with Gasteiger partial charge in [0, 0.05) is 23.4 Å². The second kappa shape index (κ2) is 10.2. The molecular formula is C22H24N2O5. The number of ketones is 1. The Morgan fingerprint density at radius 2 is 1.52 bits per heavy atom. The number of carbonyl (C=O) groups is 4. The van der Waals surface area contributed by atoms with Crippen molar-refractivity contribution < 1.29 is 23.9 Å². The highest BCUT2D eigenvalue weighted by atomic mass is 16.5. The molecule has 0 atom stereocenters. The van der Waals surface area contributed by atoms with Crippen LogP contribution in [0.4, 0.5) is 11.4 Å². The molecule has 0 fully saturated rings. The van der Waals surface area contributed by atoms with Crippen molar-refractivity contribution in [1.82, 2.24) is 0 Å². The van der Waals surface area contributed by atoms with E-state index in [-0.39, 0.29) is 24.5 Å². The minimum Gasteiger partial charge on any atom is -0.456 e. The van der Waals surface area contributed by atoms with Crippen LogP contribution in [-0.4, -0.2) is 30.2 Å². The van der Waals surface area contributed by atoms with Gasteiger partial charge in [0.25, 0.3) is 5.91 Å². The molecule has 29 heavy (non-hydrogen) atoms. The SMILES string of the molecule is CC(=O)c1cccc(NC(=O)CCC(=O)OCC(=O)Nc2c(C)cccc2C)c1. The molecule has 2 amide bonds. The van der Waals surface area contributed by atoms with Gasteiger partial charge in [-0.05, 0) is 44.0 Å². The summed E-state index contributed by atoms with van der Waals surface area (Å²) in [6.07, 6.45) is -0.253. The van der Waals surface area contributed by atoms with E-state index in [0.29, 0.717) is 16.9 Å². The van der Waals surface area contributed by atoms with Crippen molar-refractivity contribution in [2.45, 2.75) is 33.6 Å². The highest BCUT2D eigenvalue weighted by molar-refractivity contribution is 5.98. The quantitative estimate of drug-likeness (QED) is 0.526. The summed E-state index contributed by atoms with van der Waals surface area (Å²) >= 11 is 0. The zero-order valence-corrected chi connectivity index (χ0v) is 16.7. The molecule has 0 aliphatic carbocycles. The van der Waals surface area contributed by atoms with E-state index in [1.54, 1.807) is 24.3 Å². The lowest BCUT2D eigenvalue weighted by molar-refractivity contribution is -0.147. The molecule has 0 saturated heterocycles. The van der Waals surface area contributed by atoms with Crippen LogP contribution in [-0.2, 0) is 19.1 Å². The second-order valence-corrected chi connectivity index (χ2v) is 6.66. The maximum atomic E-state index is 12.0. The summed E-state index contributed by atoms with van der Waals surface area (Å²) in [4.78, 5) is 47.1. The van der Waals surface area contributed by atoms with E-state index in [1.807, 2.05) is 32.0 Å². The summed E-state index contributed by atoms with van der Waals surface area (Å²) in [5.74, 6) is -1.58. The number of anilines is 2. The topological polar surface area (TPSA) is 102 Å². The zero-order chi connectivity index (χ0) is 21.4. The van der Waals surface area contributed by atoms with Crippen molar-refractivity contribution in [3.8, 4) is 0 Å². The molecule has 0 spiro atoms. The first-order chi connectivity index (χ1) is 13.8. The molecule has 2 N–H and O–H groups in total. The summed E-state index contributed by atoms with van der Waals surface area (Å²) in [6, 6.07) is 12.2. The molecule has 2 rings (SSSR count). The summed E-state index contributed by atoms with van der Waals surface area (Å²) < 4.78 is 4.93. The standard InChI is InChI=1S/C22H24N2O5/c1-14-6-4-7-15(2)22(14)24-20(27)13-29-21(28)11-10-19(26)23-18-9-5-8-17(12-18)16(3)25/h4-9,12H,10-11,13H2,1-3H3,(H,23,26)(H,24,27). The van der Waals surface area contributed by atoms with Crippen molar-refractivity contribution in [2.24, 2.45) is 0 Å². The molecule has 7 heteroatoms. The van der Waals surface area contributed by atoms with E-state index in [0.717, 1.165) is 11.1 Å². The number of carbonyl (C=O) groups excluding carboxylic acids is 4. The lowest BCUT2D eigenvalue weighted by Crippen LogP contribution is -2.22. The lowest BCUT2D eigenvalue weighted by Gasteiger charge is -2.11. The third kappa shape index (κ3) is 6.88. The summed E-state index contributed by atoms with van der Waals surface area (Å²) in [5.41, 5.74) is 3.48. The minimum atomic E-state index is -0.644. The molecule has 0 unspecified atom stereocenters. The molecular weight excluding hydrogens is 372 g/mol. The van der Waals surface area contributed by atoms with Gasteiger partial charge in [0.15, 0.2) is 12.4 Å². The van der Waals surface area contributed by atoms with Crippen LogP contribution >= 0.6 is 0 Å². The molecule has 0 heterocycles. The molecule has 0 bridgehead atoms. The average molecular weight is 396 g/mol. The Labute approximate surface area is 169 Å². The number of nitrogens with one attached hydrogen (secondary N) is 2. The normalized spacial score (nSPS) is 10.2. The lowest BCUT2D eigenvalue weighted by atomic mass is 10.1.